The normalized spacial score (nSPS) is 21.1. The van der Waals surface area contributed by atoms with Crippen LogP contribution < -0.4 is 4.90 Å². The maximum absolute atomic E-state index is 14.3. The number of aromatic nitrogens is 1. The molecule has 2 bridgehead atoms. The van der Waals surface area contributed by atoms with Crippen LogP contribution in [-0.4, -0.2) is 41.0 Å². The summed E-state index contributed by atoms with van der Waals surface area (Å²) in [7, 11) is 0. The largest absolute Gasteiger partial charge is 0.347 e. The predicted molar refractivity (Wildman–Crippen MR) is 104 cm³/mol. The number of nitriles is 1. The highest BCUT2D eigenvalue weighted by atomic mass is 19.3. The van der Waals surface area contributed by atoms with Gasteiger partial charge in [0.05, 0.1) is 5.56 Å². The maximum Gasteiger partial charge on any atom is 0.292 e. The van der Waals surface area contributed by atoms with Crippen LogP contribution in [0.1, 0.15) is 24.0 Å². The highest BCUT2D eigenvalue weighted by Gasteiger charge is 2.41. The molecule has 0 aliphatic carbocycles. The Balaban J connectivity index is 1.44. The highest BCUT2D eigenvalue weighted by molar-refractivity contribution is 5.88. The molecule has 1 aromatic carbocycles. The number of pyridine rings is 1. The highest BCUT2D eigenvalue weighted by Crippen LogP contribution is 2.34. The number of halogens is 3. The minimum atomic E-state index is -3.36. The summed E-state index contributed by atoms with van der Waals surface area (Å²) < 4.78 is 41.6. The number of carbonyl (C=O) groups is 1. The Bertz CT molecular complexity index is 985. The van der Waals surface area contributed by atoms with E-state index in [-0.39, 0.29) is 17.6 Å². The van der Waals surface area contributed by atoms with Crippen LogP contribution in [0.25, 0.3) is 0 Å². The number of carbonyl (C=O) groups excluding carboxylic acids is 1. The lowest BCUT2D eigenvalue weighted by molar-refractivity contribution is -0.127. The van der Waals surface area contributed by atoms with Gasteiger partial charge in [0, 0.05) is 43.0 Å². The van der Waals surface area contributed by atoms with Crippen LogP contribution in [0.4, 0.5) is 19.0 Å². The van der Waals surface area contributed by atoms with Crippen molar-refractivity contribution in [2.24, 2.45) is 0 Å². The van der Waals surface area contributed by atoms with Crippen LogP contribution in [0, 0.1) is 17.1 Å². The van der Waals surface area contributed by atoms with Crippen molar-refractivity contribution < 1.29 is 18.0 Å². The molecule has 8 heteroatoms. The molecule has 2 aliphatic rings. The molecule has 0 spiro atoms. The van der Waals surface area contributed by atoms with Crippen molar-refractivity contribution in [3.05, 3.63) is 71.7 Å². The molecule has 2 aliphatic heterocycles. The molecule has 1 amide bonds. The van der Waals surface area contributed by atoms with E-state index >= 15 is 0 Å². The van der Waals surface area contributed by atoms with Gasteiger partial charge in [0.15, 0.2) is 0 Å². The molecule has 2 atom stereocenters. The Kier molecular flexibility index (Phi) is 5.20. The van der Waals surface area contributed by atoms with Crippen LogP contribution in [-0.2, 0) is 10.7 Å². The number of rotatable bonds is 4. The van der Waals surface area contributed by atoms with Gasteiger partial charge < -0.3 is 9.80 Å². The average molecular weight is 412 g/mol. The summed E-state index contributed by atoms with van der Waals surface area (Å²) in [5, 5.41) is 8.92. The molecule has 1 aromatic heterocycles. The summed E-state index contributed by atoms with van der Waals surface area (Å²) >= 11 is 0. The topological polar surface area (TPSA) is 60.2 Å². The third kappa shape index (κ3) is 3.88. The van der Waals surface area contributed by atoms with E-state index < -0.39 is 17.6 Å². The molecule has 4 rings (SSSR count). The van der Waals surface area contributed by atoms with Gasteiger partial charge in [-0.3, -0.25) is 4.79 Å². The van der Waals surface area contributed by atoms with E-state index in [0.717, 1.165) is 49.0 Å². The van der Waals surface area contributed by atoms with Gasteiger partial charge in [-0.2, -0.15) is 14.0 Å². The first-order valence-electron chi connectivity index (χ1n) is 9.64. The van der Waals surface area contributed by atoms with E-state index in [1.807, 2.05) is 6.07 Å². The molecular formula is C22H19F3N4O. The van der Waals surface area contributed by atoms with Crippen molar-refractivity contribution in [1.82, 2.24) is 9.88 Å². The van der Waals surface area contributed by atoms with Crippen molar-refractivity contribution >= 4 is 11.7 Å². The van der Waals surface area contributed by atoms with Gasteiger partial charge in [-0.15, -0.1) is 0 Å². The fourth-order valence-corrected chi connectivity index (χ4v) is 4.11. The van der Waals surface area contributed by atoms with Gasteiger partial charge in [0.2, 0.25) is 5.91 Å². The summed E-state index contributed by atoms with van der Waals surface area (Å²) in [6.07, 6.45) is 4.75. The molecule has 3 heterocycles. The Labute approximate surface area is 172 Å². The van der Waals surface area contributed by atoms with Crippen LogP contribution in [0.15, 0.2) is 54.7 Å². The van der Waals surface area contributed by atoms with Gasteiger partial charge in [-0.25, -0.2) is 9.37 Å². The van der Waals surface area contributed by atoms with E-state index in [0.29, 0.717) is 24.7 Å². The molecule has 2 saturated heterocycles. The monoisotopic (exact) mass is 412 g/mol. The van der Waals surface area contributed by atoms with Crippen molar-refractivity contribution in [1.29, 1.82) is 5.26 Å². The van der Waals surface area contributed by atoms with E-state index in [4.69, 9.17) is 5.26 Å². The van der Waals surface area contributed by atoms with Crippen molar-refractivity contribution in [3.63, 3.8) is 0 Å². The summed E-state index contributed by atoms with van der Waals surface area (Å²) in [6, 6.07) is 9.60. The first-order valence-corrected chi connectivity index (χ1v) is 9.64. The van der Waals surface area contributed by atoms with E-state index in [1.165, 1.54) is 6.20 Å². The fourth-order valence-electron chi connectivity index (χ4n) is 4.11. The summed E-state index contributed by atoms with van der Waals surface area (Å²) in [5.74, 6) is -3.68. The van der Waals surface area contributed by atoms with Crippen LogP contribution in [0.2, 0.25) is 0 Å². The molecule has 0 saturated carbocycles. The van der Waals surface area contributed by atoms with Crippen molar-refractivity contribution in [3.8, 4) is 6.07 Å². The van der Waals surface area contributed by atoms with Crippen molar-refractivity contribution in [2.45, 2.75) is 30.8 Å². The van der Waals surface area contributed by atoms with Crippen LogP contribution in [0.3, 0.4) is 0 Å². The molecule has 1 unspecified atom stereocenters. The van der Waals surface area contributed by atoms with Gasteiger partial charge in [0.1, 0.15) is 17.7 Å². The second kappa shape index (κ2) is 7.82. The standard InChI is InChI=1S/C22H19F3N4O/c23-17-4-2-16(3-5-17)22(24,25)10-9-21(30)28-13-18-6-7-19(14-28)29(18)20-8-1-15(11-26)12-27-20/h1-5,8-10,12,18-19H,6-7,13-14H2/b10-9+/t18-,19?/m0/s1. The third-order valence-electron chi connectivity index (χ3n) is 5.60. The number of anilines is 1. The smallest absolute Gasteiger partial charge is 0.292 e. The molecule has 0 radical (unpaired) electrons. The number of hydrogen-bond donors (Lipinski definition) is 0. The Morgan fingerprint density at radius 1 is 1.13 bits per heavy atom. The van der Waals surface area contributed by atoms with Gasteiger partial charge in [-0.1, -0.05) is 0 Å². The molecular weight excluding hydrogens is 393 g/mol. The lowest BCUT2D eigenvalue weighted by Gasteiger charge is -2.41. The number of allylic oxidation sites excluding steroid dienone is 1. The summed E-state index contributed by atoms with van der Waals surface area (Å²) in [4.78, 5) is 20.6. The SMILES string of the molecule is N#Cc1ccc(N2C3CC[C@H]2CN(C(=O)/C=C/C(F)(F)c2ccc(F)cc2)C3)nc1. The Morgan fingerprint density at radius 3 is 2.37 bits per heavy atom. The number of benzene rings is 1. The number of alkyl halides is 2. The second-order valence-corrected chi connectivity index (χ2v) is 7.52. The number of fused-ring (bicyclic) bond motifs is 2. The minimum Gasteiger partial charge on any atom is -0.347 e. The fraction of sp³-hybridized carbons (Fsp3) is 0.318. The molecule has 2 fully saturated rings. The predicted octanol–water partition coefficient (Wildman–Crippen LogP) is 3.62. The summed E-state index contributed by atoms with van der Waals surface area (Å²) in [5.41, 5.74) is 0.108. The average Bonchev–Trinajstić information content (AvgIpc) is 3.01. The lowest BCUT2D eigenvalue weighted by atomic mass is 10.1. The van der Waals surface area contributed by atoms with Crippen LogP contribution in [0.5, 0.6) is 0 Å². The zero-order valence-electron chi connectivity index (χ0n) is 16.0. The van der Waals surface area contributed by atoms with Crippen LogP contribution >= 0.6 is 0 Å². The molecule has 5 nitrogen and oxygen atoms in total. The quantitative estimate of drug-likeness (QED) is 0.720. The number of amides is 1. The minimum absolute atomic E-state index is 0.0548. The van der Waals surface area contributed by atoms with Crippen molar-refractivity contribution in [2.75, 3.05) is 18.0 Å². The zero-order chi connectivity index (χ0) is 21.3. The lowest BCUT2D eigenvalue weighted by Crippen LogP contribution is -2.55. The number of likely N-dealkylation sites (tertiary alicyclic amines) is 1. The van der Waals surface area contributed by atoms with E-state index in [1.54, 1.807) is 17.0 Å². The number of hydrogen-bond acceptors (Lipinski definition) is 4. The molecule has 0 N–H and O–H groups in total. The third-order valence-corrected chi connectivity index (χ3v) is 5.60. The first kappa shape index (κ1) is 20.0. The van der Waals surface area contributed by atoms with Gasteiger partial charge >= 0.3 is 0 Å². The number of nitrogens with zero attached hydrogens (tertiary/aromatic N) is 4. The summed E-state index contributed by atoms with van der Waals surface area (Å²) in [6.45, 7) is 0.840. The van der Waals surface area contributed by atoms with E-state index in [2.05, 4.69) is 9.88 Å². The maximum atomic E-state index is 14.3. The zero-order valence-corrected chi connectivity index (χ0v) is 16.0. The molecule has 2 aromatic rings. The Hall–Kier alpha value is -3.34. The first-order chi connectivity index (χ1) is 14.4. The Morgan fingerprint density at radius 2 is 1.80 bits per heavy atom. The van der Waals surface area contributed by atoms with Gasteiger partial charge in [0.25, 0.3) is 5.92 Å². The molecule has 154 valence electrons. The second-order valence-electron chi connectivity index (χ2n) is 7.52. The molecule has 30 heavy (non-hydrogen) atoms. The van der Waals surface area contributed by atoms with E-state index in [9.17, 15) is 18.0 Å². The number of piperazine rings is 1. The van der Waals surface area contributed by atoms with Gasteiger partial charge in [-0.05, 0) is 55.3 Å².